The molecule has 0 aliphatic carbocycles. The SMILES string of the molecule is Cc1ccc(CN2CCC(N)C(C)(C)C2)cc1F. The summed E-state index contributed by atoms with van der Waals surface area (Å²) in [5.74, 6) is -0.111. The van der Waals surface area contributed by atoms with Gasteiger partial charge in [0, 0.05) is 25.7 Å². The Bertz CT molecular complexity index is 429. The third-order valence-electron chi connectivity index (χ3n) is 4.03. The highest BCUT2D eigenvalue weighted by atomic mass is 19.1. The van der Waals surface area contributed by atoms with E-state index in [9.17, 15) is 4.39 Å². The number of benzene rings is 1. The maximum Gasteiger partial charge on any atom is 0.126 e. The van der Waals surface area contributed by atoms with Crippen molar-refractivity contribution in [2.24, 2.45) is 11.1 Å². The normalized spacial score (nSPS) is 24.2. The second-order valence-electron chi connectivity index (χ2n) is 6.18. The Morgan fingerprint density at radius 3 is 2.78 bits per heavy atom. The molecule has 1 fully saturated rings. The van der Waals surface area contributed by atoms with Crippen molar-refractivity contribution in [3.63, 3.8) is 0 Å². The molecule has 1 aliphatic heterocycles. The average molecular weight is 250 g/mol. The lowest BCUT2D eigenvalue weighted by molar-refractivity contribution is 0.0898. The molecule has 1 atom stereocenters. The summed E-state index contributed by atoms with van der Waals surface area (Å²) in [6.07, 6.45) is 1.02. The van der Waals surface area contributed by atoms with Gasteiger partial charge in [0.25, 0.3) is 0 Å². The fourth-order valence-electron chi connectivity index (χ4n) is 2.61. The van der Waals surface area contributed by atoms with Crippen LogP contribution in [-0.4, -0.2) is 24.0 Å². The van der Waals surface area contributed by atoms with E-state index >= 15 is 0 Å². The molecule has 2 N–H and O–H groups in total. The zero-order chi connectivity index (χ0) is 13.3. The molecule has 0 amide bonds. The molecule has 0 saturated carbocycles. The van der Waals surface area contributed by atoms with E-state index in [4.69, 9.17) is 5.73 Å². The zero-order valence-electron chi connectivity index (χ0n) is 11.5. The summed E-state index contributed by atoms with van der Waals surface area (Å²) in [4.78, 5) is 2.37. The summed E-state index contributed by atoms with van der Waals surface area (Å²) >= 11 is 0. The Hall–Kier alpha value is -0.930. The van der Waals surface area contributed by atoms with Crippen LogP contribution in [-0.2, 0) is 6.54 Å². The van der Waals surface area contributed by atoms with Gasteiger partial charge in [-0.3, -0.25) is 4.90 Å². The highest BCUT2D eigenvalue weighted by Crippen LogP contribution is 2.28. The number of likely N-dealkylation sites (tertiary alicyclic amines) is 1. The highest BCUT2D eigenvalue weighted by Gasteiger charge is 2.33. The largest absolute Gasteiger partial charge is 0.327 e. The molecule has 0 radical (unpaired) electrons. The van der Waals surface area contributed by atoms with Gasteiger partial charge in [-0.2, -0.15) is 0 Å². The molecule has 1 saturated heterocycles. The van der Waals surface area contributed by atoms with E-state index in [1.54, 1.807) is 13.0 Å². The Kier molecular flexibility index (Phi) is 3.74. The monoisotopic (exact) mass is 250 g/mol. The second-order valence-corrected chi connectivity index (χ2v) is 6.18. The highest BCUT2D eigenvalue weighted by molar-refractivity contribution is 5.23. The molecule has 0 bridgehead atoms. The first-order valence-electron chi connectivity index (χ1n) is 6.61. The van der Waals surface area contributed by atoms with Crippen LogP contribution in [0.15, 0.2) is 18.2 Å². The van der Waals surface area contributed by atoms with Crippen molar-refractivity contribution in [3.05, 3.63) is 35.1 Å². The molecule has 1 aromatic rings. The van der Waals surface area contributed by atoms with Crippen molar-refractivity contribution in [2.75, 3.05) is 13.1 Å². The maximum absolute atomic E-state index is 13.5. The van der Waals surface area contributed by atoms with E-state index < -0.39 is 0 Å². The molecule has 1 heterocycles. The maximum atomic E-state index is 13.5. The second kappa shape index (κ2) is 4.98. The van der Waals surface area contributed by atoms with E-state index in [0.29, 0.717) is 5.56 Å². The minimum Gasteiger partial charge on any atom is -0.327 e. The standard InChI is InChI=1S/C15H23FN2/c1-11-4-5-12(8-13(11)16)9-18-7-6-14(17)15(2,3)10-18/h4-5,8,14H,6-7,9-10,17H2,1-3H3. The van der Waals surface area contributed by atoms with Gasteiger partial charge in [0.15, 0.2) is 0 Å². The minimum absolute atomic E-state index is 0.111. The number of hydrogen-bond acceptors (Lipinski definition) is 2. The van der Waals surface area contributed by atoms with Crippen LogP contribution in [0.5, 0.6) is 0 Å². The number of hydrogen-bond donors (Lipinski definition) is 1. The smallest absolute Gasteiger partial charge is 0.126 e. The van der Waals surface area contributed by atoms with Gasteiger partial charge in [0.1, 0.15) is 5.82 Å². The van der Waals surface area contributed by atoms with Crippen LogP contribution >= 0.6 is 0 Å². The number of aryl methyl sites for hydroxylation is 1. The van der Waals surface area contributed by atoms with Crippen molar-refractivity contribution in [2.45, 2.75) is 39.8 Å². The van der Waals surface area contributed by atoms with Gasteiger partial charge in [-0.1, -0.05) is 26.0 Å². The Morgan fingerprint density at radius 1 is 1.44 bits per heavy atom. The summed E-state index contributed by atoms with van der Waals surface area (Å²) in [6, 6.07) is 5.78. The van der Waals surface area contributed by atoms with Crippen LogP contribution in [0.25, 0.3) is 0 Å². The lowest BCUT2D eigenvalue weighted by Crippen LogP contribution is -2.52. The van der Waals surface area contributed by atoms with Crippen LogP contribution in [0.3, 0.4) is 0 Å². The Labute approximate surface area is 109 Å². The minimum atomic E-state index is -0.111. The zero-order valence-corrected chi connectivity index (χ0v) is 11.5. The number of nitrogens with two attached hydrogens (primary N) is 1. The van der Waals surface area contributed by atoms with Gasteiger partial charge in [-0.05, 0) is 36.0 Å². The van der Waals surface area contributed by atoms with Crippen LogP contribution in [0, 0.1) is 18.2 Å². The van der Waals surface area contributed by atoms with Crippen molar-refractivity contribution < 1.29 is 4.39 Å². The summed E-state index contributed by atoms with van der Waals surface area (Å²) in [5, 5.41) is 0. The molecule has 0 spiro atoms. The van der Waals surface area contributed by atoms with Gasteiger partial charge in [-0.25, -0.2) is 4.39 Å². The van der Waals surface area contributed by atoms with Gasteiger partial charge >= 0.3 is 0 Å². The van der Waals surface area contributed by atoms with Crippen LogP contribution < -0.4 is 5.73 Å². The van der Waals surface area contributed by atoms with E-state index in [1.807, 2.05) is 12.1 Å². The average Bonchev–Trinajstić information content (AvgIpc) is 2.28. The van der Waals surface area contributed by atoms with E-state index in [-0.39, 0.29) is 17.3 Å². The lowest BCUT2D eigenvalue weighted by Gasteiger charge is -2.42. The first-order valence-corrected chi connectivity index (χ1v) is 6.61. The molecular weight excluding hydrogens is 227 g/mol. The van der Waals surface area contributed by atoms with Crippen molar-refractivity contribution in [3.8, 4) is 0 Å². The van der Waals surface area contributed by atoms with Crippen molar-refractivity contribution in [1.82, 2.24) is 4.90 Å². The Morgan fingerprint density at radius 2 is 2.17 bits per heavy atom. The van der Waals surface area contributed by atoms with Crippen molar-refractivity contribution in [1.29, 1.82) is 0 Å². The van der Waals surface area contributed by atoms with E-state index in [0.717, 1.165) is 31.6 Å². The number of rotatable bonds is 2. The molecule has 0 aromatic heterocycles. The van der Waals surface area contributed by atoms with Gasteiger partial charge in [0.05, 0.1) is 0 Å². The lowest BCUT2D eigenvalue weighted by atomic mass is 9.79. The van der Waals surface area contributed by atoms with E-state index in [2.05, 4.69) is 18.7 Å². The van der Waals surface area contributed by atoms with Crippen molar-refractivity contribution >= 4 is 0 Å². The van der Waals surface area contributed by atoms with E-state index in [1.165, 1.54) is 0 Å². The van der Waals surface area contributed by atoms with Gasteiger partial charge in [-0.15, -0.1) is 0 Å². The molecule has 2 rings (SSSR count). The molecule has 2 nitrogen and oxygen atoms in total. The fraction of sp³-hybridized carbons (Fsp3) is 0.600. The third-order valence-corrected chi connectivity index (χ3v) is 4.03. The molecule has 1 aromatic carbocycles. The summed E-state index contributed by atoms with van der Waals surface area (Å²) < 4.78 is 13.5. The first-order chi connectivity index (χ1) is 8.38. The fourth-order valence-corrected chi connectivity index (χ4v) is 2.61. The summed E-state index contributed by atoms with van der Waals surface area (Å²) in [6.45, 7) is 9.00. The molecule has 100 valence electrons. The molecule has 3 heteroatoms. The summed E-state index contributed by atoms with van der Waals surface area (Å²) in [7, 11) is 0. The first kappa shape index (κ1) is 13.5. The van der Waals surface area contributed by atoms with Crippen LogP contribution in [0.4, 0.5) is 4.39 Å². The topological polar surface area (TPSA) is 29.3 Å². The number of piperidine rings is 1. The third kappa shape index (κ3) is 2.90. The number of nitrogens with zero attached hydrogens (tertiary/aromatic N) is 1. The summed E-state index contributed by atoms with van der Waals surface area (Å²) in [5.41, 5.74) is 8.02. The molecule has 1 unspecified atom stereocenters. The van der Waals surface area contributed by atoms with Crippen LogP contribution in [0.1, 0.15) is 31.4 Å². The predicted octanol–water partition coefficient (Wildman–Crippen LogP) is 2.69. The molecular formula is C15H23FN2. The Balaban J connectivity index is 2.04. The molecule has 18 heavy (non-hydrogen) atoms. The van der Waals surface area contributed by atoms with Gasteiger partial charge < -0.3 is 5.73 Å². The van der Waals surface area contributed by atoms with Crippen LogP contribution in [0.2, 0.25) is 0 Å². The number of halogens is 1. The predicted molar refractivity (Wildman–Crippen MR) is 72.8 cm³/mol. The van der Waals surface area contributed by atoms with Gasteiger partial charge in [0.2, 0.25) is 0 Å². The molecule has 1 aliphatic rings. The quantitative estimate of drug-likeness (QED) is 0.874.